The highest BCUT2D eigenvalue weighted by Crippen LogP contribution is 2.50. The molecule has 1 saturated carbocycles. The van der Waals surface area contributed by atoms with E-state index >= 15 is 0 Å². The molecule has 0 spiro atoms. The van der Waals surface area contributed by atoms with Gasteiger partial charge in [-0.25, -0.2) is 14.8 Å². The van der Waals surface area contributed by atoms with E-state index in [-0.39, 0.29) is 29.9 Å². The summed E-state index contributed by atoms with van der Waals surface area (Å²) in [4.78, 5) is 49.1. The van der Waals surface area contributed by atoms with Crippen LogP contribution in [0.4, 0.5) is 16.2 Å². The Kier molecular flexibility index (Phi) is 6.65. The van der Waals surface area contributed by atoms with Gasteiger partial charge in [-0.1, -0.05) is 36.5 Å². The molecule has 39 heavy (non-hydrogen) atoms. The Morgan fingerprint density at radius 2 is 1.87 bits per heavy atom. The minimum Gasteiger partial charge on any atom is -0.439 e. The molecule has 6 rings (SSSR count). The minimum atomic E-state index is -0.587. The molecule has 2 unspecified atom stereocenters. The SMILES string of the molecule is C=CC(=O)N[C@H]1CCC[C@H]1NC(=O)C1Sc2nccc3c2C1NC(=O)N3c1ccc(Oc2ccccc2)nc1. The fourth-order valence-corrected chi connectivity index (χ4v) is 6.50. The van der Waals surface area contributed by atoms with Gasteiger partial charge >= 0.3 is 6.03 Å². The van der Waals surface area contributed by atoms with Gasteiger partial charge < -0.3 is 20.7 Å². The van der Waals surface area contributed by atoms with E-state index in [2.05, 4.69) is 32.5 Å². The lowest BCUT2D eigenvalue weighted by Crippen LogP contribution is -2.53. The molecule has 3 aliphatic rings. The van der Waals surface area contributed by atoms with E-state index in [0.29, 0.717) is 28.0 Å². The molecule has 0 bridgehead atoms. The fraction of sp³-hybridized carbons (Fsp3) is 0.250. The zero-order chi connectivity index (χ0) is 26.9. The van der Waals surface area contributed by atoms with Crippen molar-refractivity contribution in [3.8, 4) is 11.6 Å². The summed E-state index contributed by atoms with van der Waals surface area (Å²) in [7, 11) is 0. The van der Waals surface area contributed by atoms with Gasteiger partial charge in [0.2, 0.25) is 17.7 Å². The molecule has 11 heteroatoms. The summed E-state index contributed by atoms with van der Waals surface area (Å²) in [5.41, 5.74) is 2.02. The monoisotopic (exact) mass is 542 g/mol. The minimum absolute atomic E-state index is 0.153. The first-order valence-electron chi connectivity index (χ1n) is 12.7. The Labute approximate surface area is 229 Å². The zero-order valence-electron chi connectivity index (χ0n) is 20.9. The summed E-state index contributed by atoms with van der Waals surface area (Å²) in [6, 6.07) is 13.3. The van der Waals surface area contributed by atoms with Crippen LogP contribution in [0.3, 0.4) is 0 Å². The van der Waals surface area contributed by atoms with Crippen LogP contribution in [0.15, 0.2) is 78.6 Å². The maximum absolute atomic E-state index is 13.4. The number of benzene rings is 1. The van der Waals surface area contributed by atoms with Crippen molar-refractivity contribution >= 4 is 41.0 Å². The number of nitrogens with zero attached hydrogens (tertiary/aromatic N) is 3. The van der Waals surface area contributed by atoms with Crippen LogP contribution < -0.4 is 25.6 Å². The number of rotatable bonds is 7. The van der Waals surface area contributed by atoms with Crippen LogP contribution in [0, 0.1) is 0 Å². The number of ether oxygens (including phenoxy) is 1. The molecule has 2 aliphatic heterocycles. The Morgan fingerprint density at radius 1 is 1.08 bits per heavy atom. The second-order valence-electron chi connectivity index (χ2n) is 9.48. The molecular weight excluding hydrogens is 516 g/mol. The third-order valence-electron chi connectivity index (χ3n) is 7.07. The maximum Gasteiger partial charge on any atom is 0.327 e. The first-order valence-corrected chi connectivity index (χ1v) is 13.6. The van der Waals surface area contributed by atoms with Crippen molar-refractivity contribution in [3.63, 3.8) is 0 Å². The average molecular weight is 543 g/mol. The van der Waals surface area contributed by atoms with Gasteiger partial charge in [0, 0.05) is 29.9 Å². The van der Waals surface area contributed by atoms with Gasteiger partial charge in [0.15, 0.2) is 0 Å². The highest BCUT2D eigenvalue weighted by atomic mass is 32.2. The van der Waals surface area contributed by atoms with E-state index in [1.165, 1.54) is 22.7 Å². The van der Waals surface area contributed by atoms with Crippen LogP contribution >= 0.6 is 11.8 Å². The Balaban J connectivity index is 1.21. The number of anilines is 2. The van der Waals surface area contributed by atoms with Crippen LogP contribution in [0.2, 0.25) is 0 Å². The third kappa shape index (κ3) is 4.81. The summed E-state index contributed by atoms with van der Waals surface area (Å²) in [5.74, 6) is 0.613. The highest BCUT2D eigenvalue weighted by molar-refractivity contribution is 8.01. The van der Waals surface area contributed by atoms with Crippen LogP contribution in [0.1, 0.15) is 30.9 Å². The lowest BCUT2D eigenvalue weighted by atomic mass is 9.99. The molecule has 0 radical (unpaired) electrons. The molecule has 4 amide bonds. The second kappa shape index (κ2) is 10.4. The number of hydrogen-bond donors (Lipinski definition) is 3. The van der Waals surface area contributed by atoms with Crippen molar-refractivity contribution < 1.29 is 19.1 Å². The molecule has 3 N–H and O–H groups in total. The van der Waals surface area contributed by atoms with Gasteiger partial charge in [-0.3, -0.25) is 14.5 Å². The summed E-state index contributed by atoms with van der Waals surface area (Å²) < 4.78 is 5.78. The van der Waals surface area contributed by atoms with E-state index < -0.39 is 11.3 Å². The first kappa shape index (κ1) is 24.9. The van der Waals surface area contributed by atoms with Crippen molar-refractivity contribution in [2.24, 2.45) is 0 Å². The zero-order valence-corrected chi connectivity index (χ0v) is 21.7. The Morgan fingerprint density at radius 3 is 2.62 bits per heavy atom. The molecule has 2 aromatic heterocycles. The molecule has 4 atom stereocenters. The molecule has 3 aromatic rings. The van der Waals surface area contributed by atoms with Crippen molar-refractivity contribution in [1.29, 1.82) is 0 Å². The van der Waals surface area contributed by atoms with Crippen molar-refractivity contribution in [3.05, 3.63) is 79.1 Å². The number of pyridine rings is 2. The Bertz CT molecular complexity index is 1430. The van der Waals surface area contributed by atoms with Gasteiger partial charge in [0.25, 0.3) is 0 Å². The van der Waals surface area contributed by atoms with Gasteiger partial charge in [-0.05, 0) is 49.6 Å². The number of para-hydroxylation sites is 1. The van der Waals surface area contributed by atoms with Crippen LogP contribution in [0.25, 0.3) is 0 Å². The summed E-state index contributed by atoms with van der Waals surface area (Å²) in [6.45, 7) is 3.50. The standard InChI is InChI=1S/C28H26N6O4S/c1-2-21(35)31-18-9-6-10-19(18)32-26(36)25-24-23-20(13-14-29-27(23)39-25)34(28(37)33-24)16-11-12-22(30-15-16)38-17-7-4-3-5-8-17/h2-5,7-8,11-15,18-19,24-25H,1,6,9-10H2,(H,31,35)(H,32,36)(H,33,37)/t18-,19+,24?,25?/m0/s1. The molecule has 10 nitrogen and oxygen atoms in total. The predicted molar refractivity (Wildman–Crippen MR) is 146 cm³/mol. The largest absolute Gasteiger partial charge is 0.439 e. The van der Waals surface area contributed by atoms with Gasteiger partial charge in [-0.2, -0.15) is 0 Å². The fourth-order valence-electron chi connectivity index (χ4n) is 5.27. The molecular formula is C28H26N6O4S. The van der Waals surface area contributed by atoms with E-state index in [1.807, 2.05) is 30.3 Å². The van der Waals surface area contributed by atoms with E-state index in [4.69, 9.17) is 4.74 Å². The number of urea groups is 1. The number of carbonyl (C=O) groups excluding carboxylic acids is 3. The molecule has 198 valence electrons. The normalized spacial score (nSPS) is 23.0. The maximum atomic E-state index is 13.4. The number of thioether (sulfide) groups is 1. The van der Waals surface area contributed by atoms with Crippen LogP contribution in [-0.2, 0) is 9.59 Å². The smallest absolute Gasteiger partial charge is 0.327 e. The quantitative estimate of drug-likeness (QED) is 0.386. The van der Waals surface area contributed by atoms with Crippen molar-refractivity contribution in [1.82, 2.24) is 25.9 Å². The second-order valence-corrected chi connectivity index (χ2v) is 10.6. The lowest BCUT2D eigenvalue weighted by molar-refractivity contribution is -0.122. The summed E-state index contributed by atoms with van der Waals surface area (Å²) in [5, 5.41) is 9.12. The number of amides is 4. The Hall–Kier alpha value is -4.38. The van der Waals surface area contributed by atoms with E-state index in [0.717, 1.165) is 24.8 Å². The van der Waals surface area contributed by atoms with Gasteiger partial charge in [-0.15, -0.1) is 0 Å². The molecule has 0 saturated heterocycles. The van der Waals surface area contributed by atoms with Crippen molar-refractivity contribution in [2.75, 3.05) is 4.90 Å². The molecule has 1 aliphatic carbocycles. The van der Waals surface area contributed by atoms with Crippen molar-refractivity contribution in [2.45, 2.75) is 47.7 Å². The highest BCUT2D eigenvalue weighted by Gasteiger charge is 2.47. The molecule has 1 fully saturated rings. The predicted octanol–water partition coefficient (Wildman–Crippen LogP) is 3.99. The van der Waals surface area contributed by atoms with Crippen LogP contribution in [0.5, 0.6) is 11.6 Å². The number of nitrogens with one attached hydrogen (secondary N) is 3. The average Bonchev–Trinajstić information content (AvgIpc) is 3.54. The van der Waals surface area contributed by atoms with E-state index in [9.17, 15) is 14.4 Å². The van der Waals surface area contributed by atoms with Gasteiger partial charge in [0.1, 0.15) is 16.0 Å². The van der Waals surface area contributed by atoms with Crippen LogP contribution in [-0.4, -0.2) is 45.1 Å². The number of aromatic nitrogens is 2. The summed E-state index contributed by atoms with van der Waals surface area (Å²) >= 11 is 1.33. The summed E-state index contributed by atoms with van der Waals surface area (Å²) in [6.07, 6.45) is 6.90. The lowest BCUT2D eigenvalue weighted by Gasteiger charge is -2.34. The van der Waals surface area contributed by atoms with E-state index in [1.54, 1.807) is 30.6 Å². The number of hydrogen-bond acceptors (Lipinski definition) is 7. The molecule has 1 aromatic carbocycles. The third-order valence-corrected chi connectivity index (χ3v) is 8.35. The van der Waals surface area contributed by atoms with Gasteiger partial charge in [0.05, 0.1) is 23.6 Å². The first-order chi connectivity index (χ1) is 19.0. The molecule has 4 heterocycles. The number of carbonyl (C=O) groups is 3. The topological polar surface area (TPSA) is 126 Å².